The van der Waals surface area contributed by atoms with Crippen molar-refractivity contribution in [2.75, 3.05) is 0 Å². The molecule has 4 rings (SSSR count). The number of aliphatic imine (C=N–C) groups is 1. The SMILES string of the molecule is Cc1ccc(C(=O)N=C2C=CC3C(=C2)NC(=O)C2=C3CCCC2)cc1. The second kappa shape index (κ2) is 6.28. The van der Waals surface area contributed by atoms with Crippen molar-refractivity contribution in [3.8, 4) is 0 Å². The van der Waals surface area contributed by atoms with Crippen molar-refractivity contribution in [1.29, 1.82) is 0 Å². The molecule has 25 heavy (non-hydrogen) atoms. The van der Waals surface area contributed by atoms with Crippen molar-refractivity contribution in [2.45, 2.75) is 32.6 Å². The lowest BCUT2D eigenvalue weighted by molar-refractivity contribution is -0.117. The molecule has 1 aromatic rings. The molecule has 0 fully saturated rings. The molecule has 1 atom stereocenters. The molecule has 0 spiro atoms. The number of fused-ring (bicyclic) bond motifs is 2. The highest BCUT2D eigenvalue weighted by Crippen LogP contribution is 2.38. The van der Waals surface area contributed by atoms with E-state index in [1.165, 1.54) is 5.57 Å². The lowest BCUT2D eigenvalue weighted by Gasteiger charge is -2.33. The molecule has 0 aromatic heterocycles. The van der Waals surface area contributed by atoms with Crippen molar-refractivity contribution < 1.29 is 9.59 Å². The Balaban J connectivity index is 1.61. The lowest BCUT2D eigenvalue weighted by Crippen LogP contribution is -2.37. The monoisotopic (exact) mass is 332 g/mol. The van der Waals surface area contributed by atoms with E-state index in [0.717, 1.165) is 42.5 Å². The number of carbonyl (C=O) groups excluding carboxylic acids is 2. The molecular formula is C21H20N2O2. The van der Waals surface area contributed by atoms with Crippen LogP contribution >= 0.6 is 0 Å². The van der Waals surface area contributed by atoms with Gasteiger partial charge >= 0.3 is 0 Å². The van der Waals surface area contributed by atoms with Crippen molar-refractivity contribution >= 4 is 17.5 Å². The van der Waals surface area contributed by atoms with Gasteiger partial charge in [-0.05, 0) is 62.5 Å². The van der Waals surface area contributed by atoms with Crippen LogP contribution in [-0.4, -0.2) is 17.5 Å². The molecule has 4 nitrogen and oxygen atoms in total. The minimum Gasteiger partial charge on any atom is -0.325 e. The van der Waals surface area contributed by atoms with Gasteiger partial charge in [-0.2, -0.15) is 0 Å². The molecule has 1 aromatic carbocycles. The van der Waals surface area contributed by atoms with Crippen LogP contribution in [0.25, 0.3) is 0 Å². The summed E-state index contributed by atoms with van der Waals surface area (Å²) in [5.74, 6) is -0.132. The average molecular weight is 332 g/mol. The largest absolute Gasteiger partial charge is 0.325 e. The minimum absolute atomic E-state index is 0.0108. The third-order valence-corrected chi connectivity index (χ3v) is 5.04. The van der Waals surface area contributed by atoms with Crippen LogP contribution in [0.2, 0.25) is 0 Å². The van der Waals surface area contributed by atoms with Gasteiger partial charge in [-0.25, -0.2) is 4.99 Å². The fourth-order valence-electron chi connectivity index (χ4n) is 3.70. The zero-order valence-electron chi connectivity index (χ0n) is 14.2. The van der Waals surface area contributed by atoms with Crippen molar-refractivity contribution in [3.63, 3.8) is 0 Å². The molecule has 2 aliphatic carbocycles. The summed E-state index contributed by atoms with van der Waals surface area (Å²) in [7, 11) is 0. The third-order valence-electron chi connectivity index (χ3n) is 5.04. The first-order chi connectivity index (χ1) is 12.1. The van der Waals surface area contributed by atoms with E-state index in [-0.39, 0.29) is 17.7 Å². The van der Waals surface area contributed by atoms with Gasteiger partial charge in [0.05, 0.1) is 5.71 Å². The second-order valence-corrected chi connectivity index (χ2v) is 6.81. The average Bonchev–Trinajstić information content (AvgIpc) is 2.62. The number of allylic oxidation sites excluding steroid dienone is 3. The summed E-state index contributed by atoms with van der Waals surface area (Å²) >= 11 is 0. The van der Waals surface area contributed by atoms with E-state index in [4.69, 9.17) is 0 Å². The zero-order valence-corrected chi connectivity index (χ0v) is 14.2. The van der Waals surface area contributed by atoms with Crippen LogP contribution in [0.1, 0.15) is 41.6 Å². The number of carbonyl (C=O) groups is 2. The van der Waals surface area contributed by atoms with Crippen molar-refractivity contribution in [3.05, 3.63) is 70.5 Å². The van der Waals surface area contributed by atoms with Crippen LogP contribution in [0, 0.1) is 12.8 Å². The molecule has 1 N–H and O–H groups in total. The summed E-state index contributed by atoms with van der Waals surface area (Å²) < 4.78 is 0. The normalized spacial score (nSPS) is 23.7. The zero-order chi connectivity index (χ0) is 17.4. The Morgan fingerprint density at radius 2 is 1.92 bits per heavy atom. The molecule has 1 heterocycles. The third kappa shape index (κ3) is 3.00. The van der Waals surface area contributed by atoms with Crippen molar-refractivity contribution in [2.24, 2.45) is 10.9 Å². The molecule has 0 radical (unpaired) electrons. The molecule has 3 aliphatic rings. The van der Waals surface area contributed by atoms with Gasteiger partial charge < -0.3 is 5.32 Å². The first-order valence-electron chi connectivity index (χ1n) is 8.74. The number of nitrogens with one attached hydrogen (secondary N) is 1. The van der Waals surface area contributed by atoms with Gasteiger partial charge in [0.25, 0.3) is 11.8 Å². The topological polar surface area (TPSA) is 58.5 Å². The van der Waals surface area contributed by atoms with E-state index in [1.54, 1.807) is 12.1 Å². The van der Waals surface area contributed by atoms with Gasteiger partial charge in [0.2, 0.25) is 0 Å². The number of rotatable bonds is 1. The quantitative estimate of drug-likeness (QED) is 0.853. The van der Waals surface area contributed by atoms with Crippen LogP contribution in [0.3, 0.4) is 0 Å². The first-order valence-corrected chi connectivity index (χ1v) is 8.74. The number of hydrogen-bond acceptors (Lipinski definition) is 2. The van der Waals surface area contributed by atoms with Gasteiger partial charge in [-0.3, -0.25) is 9.59 Å². The summed E-state index contributed by atoms with van der Waals surface area (Å²) in [6.07, 6.45) is 9.83. The highest BCUT2D eigenvalue weighted by Gasteiger charge is 2.33. The first kappa shape index (κ1) is 15.8. The van der Waals surface area contributed by atoms with E-state index in [9.17, 15) is 9.59 Å². The predicted octanol–water partition coefficient (Wildman–Crippen LogP) is 3.65. The van der Waals surface area contributed by atoms with E-state index < -0.39 is 0 Å². The van der Waals surface area contributed by atoms with Crippen molar-refractivity contribution in [1.82, 2.24) is 5.32 Å². The Hall–Kier alpha value is -2.75. The van der Waals surface area contributed by atoms with E-state index in [2.05, 4.69) is 16.4 Å². The predicted molar refractivity (Wildman–Crippen MR) is 97.3 cm³/mol. The van der Waals surface area contributed by atoms with Crippen LogP contribution in [0.5, 0.6) is 0 Å². The number of nitrogens with zero attached hydrogens (tertiary/aromatic N) is 1. The minimum atomic E-state index is -0.269. The second-order valence-electron chi connectivity index (χ2n) is 6.81. The van der Waals surface area contributed by atoms with Gasteiger partial charge in [0.1, 0.15) is 0 Å². The lowest BCUT2D eigenvalue weighted by atomic mass is 9.77. The summed E-state index contributed by atoms with van der Waals surface area (Å²) in [4.78, 5) is 28.9. The van der Waals surface area contributed by atoms with Crippen LogP contribution in [0.4, 0.5) is 0 Å². The Labute approximate surface area is 147 Å². The van der Waals surface area contributed by atoms with Gasteiger partial charge in [-0.15, -0.1) is 0 Å². The van der Waals surface area contributed by atoms with Crippen LogP contribution < -0.4 is 5.32 Å². The van der Waals surface area contributed by atoms with Gasteiger partial charge in [-0.1, -0.05) is 23.8 Å². The van der Waals surface area contributed by atoms with Gasteiger partial charge in [0, 0.05) is 22.8 Å². The Morgan fingerprint density at radius 1 is 1.16 bits per heavy atom. The van der Waals surface area contributed by atoms with E-state index in [0.29, 0.717) is 11.3 Å². The number of hydrogen-bond donors (Lipinski definition) is 1. The molecule has 0 saturated carbocycles. The molecule has 2 amide bonds. The van der Waals surface area contributed by atoms with E-state index in [1.807, 2.05) is 31.2 Å². The molecule has 1 unspecified atom stereocenters. The fourth-order valence-corrected chi connectivity index (χ4v) is 3.70. The highest BCUT2D eigenvalue weighted by molar-refractivity contribution is 6.14. The maximum absolute atomic E-state index is 12.3. The number of benzene rings is 1. The smallest absolute Gasteiger partial charge is 0.277 e. The van der Waals surface area contributed by atoms with E-state index >= 15 is 0 Å². The number of amides is 2. The molecule has 0 saturated heterocycles. The Morgan fingerprint density at radius 3 is 2.72 bits per heavy atom. The summed E-state index contributed by atoms with van der Waals surface area (Å²) in [5, 5.41) is 2.99. The maximum Gasteiger partial charge on any atom is 0.277 e. The highest BCUT2D eigenvalue weighted by atomic mass is 16.2. The van der Waals surface area contributed by atoms with Gasteiger partial charge in [0.15, 0.2) is 0 Å². The fraction of sp³-hybridized carbons (Fsp3) is 0.286. The van der Waals surface area contributed by atoms with Crippen LogP contribution in [-0.2, 0) is 4.79 Å². The summed E-state index contributed by atoms with van der Waals surface area (Å²) in [5.41, 5.74) is 5.28. The number of aryl methyl sites for hydroxylation is 1. The Kier molecular flexibility index (Phi) is 3.96. The van der Waals surface area contributed by atoms with Crippen LogP contribution in [0.15, 0.2) is 64.3 Å². The molecule has 0 bridgehead atoms. The maximum atomic E-state index is 12.3. The molecule has 4 heteroatoms. The summed E-state index contributed by atoms with van der Waals surface area (Å²) in [6, 6.07) is 7.37. The molecular weight excluding hydrogens is 312 g/mol. The standard InChI is InChI=1S/C21H20N2O2/c1-13-6-8-14(9-7-13)20(24)22-15-10-11-17-16-4-2-3-5-18(16)21(25)23-19(17)12-15/h6-12,17H,2-5H2,1H3,(H,23,25). The Bertz CT molecular complexity index is 870. The summed E-state index contributed by atoms with van der Waals surface area (Å²) in [6.45, 7) is 1.98. The molecule has 1 aliphatic heterocycles. The molecule has 126 valence electrons.